The second kappa shape index (κ2) is 13.4. The predicted molar refractivity (Wildman–Crippen MR) is 190 cm³/mol. The third-order valence-electron chi connectivity index (χ3n) is 14.7. The van der Waals surface area contributed by atoms with E-state index in [1.54, 1.807) is 34.6 Å². The Morgan fingerprint density at radius 2 is 1.20 bits per heavy atom. The van der Waals surface area contributed by atoms with Crippen molar-refractivity contribution < 1.29 is 53.8 Å². The maximum Gasteiger partial charge on any atom is 0.309 e. The molecule has 290 valence electrons. The second-order valence-electron chi connectivity index (χ2n) is 19.0. The van der Waals surface area contributed by atoms with Gasteiger partial charge in [0.15, 0.2) is 0 Å². The van der Waals surface area contributed by atoms with Crippen molar-refractivity contribution in [3.8, 4) is 0 Å². The molecule has 4 aliphatic rings. The molecular weight excluding hydrogens is 656 g/mol. The third-order valence-corrected chi connectivity index (χ3v) is 14.7. The molecule has 2 saturated carbocycles. The van der Waals surface area contributed by atoms with Gasteiger partial charge in [-0.1, -0.05) is 19.9 Å². The largest absolute Gasteiger partial charge is 0.481 e. The fourth-order valence-corrected chi connectivity index (χ4v) is 11.9. The van der Waals surface area contributed by atoms with Gasteiger partial charge in [-0.15, -0.1) is 6.58 Å². The first-order chi connectivity index (χ1) is 23.2. The quantitative estimate of drug-likeness (QED) is 0.122. The minimum atomic E-state index is -1.19. The van der Waals surface area contributed by atoms with Crippen LogP contribution in [-0.4, -0.2) is 79.4 Å². The van der Waals surface area contributed by atoms with Gasteiger partial charge < -0.3 is 34.6 Å². The smallest absolute Gasteiger partial charge is 0.309 e. The number of ether oxygens (including phenoxy) is 3. The van der Waals surface area contributed by atoms with Crippen molar-refractivity contribution in [2.24, 2.45) is 45.3 Å². The van der Waals surface area contributed by atoms with E-state index in [1.165, 1.54) is 0 Å². The zero-order valence-corrected chi connectivity index (χ0v) is 32.6. The molecule has 0 radical (unpaired) electrons. The molecular formula is C40H64O11. The number of carbonyl (C=O) groups excluding carboxylic acids is 1. The Morgan fingerprint density at radius 1 is 0.745 bits per heavy atom. The minimum Gasteiger partial charge on any atom is -0.481 e. The summed E-state index contributed by atoms with van der Waals surface area (Å²) in [7, 11) is 0. The maximum atomic E-state index is 13.8. The van der Waals surface area contributed by atoms with Crippen molar-refractivity contribution in [3.63, 3.8) is 0 Å². The lowest BCUT2D eigenvalue weighted by atomic mass is 9.47. The molecule has 0 spiro atoms. The number of rotatable bonds is 12. The van der Waals surface area contributed by atoms with Gasteiger partial charge in [-0.25, -0.2) is 0 Å². The molecule has 11 nitrogen and oxygen atoms in total. The van der Waals surface area contributed by atoms with Crippen molar-refractivity contribution in [2.45, 2.75) is 162 Å². The first-order valence-corrected chi connectivity index (χ1v) is 18.7. The van der Waals surface area contributed by atoms with Gasteiger partial charge in [0.2, 0.25) is 0 Å². The number of fused-ring (bicyclic) bond motifs is 2. The van der Waals surface area contributed by atoms with Gasteiger partial charge in [-0.05, 0) is 141 Å². The lowest BCUT2D eigenvalue weighted by Crippen LogP contribution is -2.65. The molecule has 0 bridgehead atoms. The number of hydrogen-bond donors (Lipinski definition) is 4. The summed E-state index contributed by atoms with van der Waals surface area (Å²) in [6.45, 7) is 22.0. The van der Waals surface area contributed by atoms with Crippen molar-refractivity contribution >= 4 is 23.9 Å². The zero-order chi connectivity index (χ0) is 38.8. The first-order valence-electron chi connectivity index (χ1n) is 18.7. The van der Waals surface area contributed by atoms with Gasteiger partial charge >= 0.3 is 23.9 Å². The van der Waals surface area contributed by atoms with Crippen LogP contribution in [0.2, 0.25) is 0 Å². The first kappa shape index (κ1) is 41.3. The van der Waals surface area contributed by atoms with Crippen LogP contribution in [-0.2, 0) is 33.4 Å². The molecule has 4 fully saturated rings. The van der Waals surface area contributed by atoms with Crippen molar-refractivity contribution in [3.05, 3.63) is 12.7 Å². The van der Waals surface area contributed by atoms with E-state index in [4.69, 9.17) is 14.2 Å². The summed E-state index contributed by atoms with van der Waals surface area (Å²) < 4.78 is 19.3. The van der Waals surface area contributed by atoms with Crippen LogP contribution in [0, 0.1) is 45.3 Å². The van der Waals surface area contributed by atoms with Crippen LogP contribution < -0.4 is 0 Å². The highest BCUT2D eigenvalue weighted by Crippen LogP contribution is 2.64. The van der Waals surface area contributed by atoms with E-state index in [0.717, 1.165) is 6.42 Å². The van der Waals surface area contributed by atoms with E-state index < -0.39 is 80.0 Å². The van der Waals surface area contributed by atoms with Crippen LogP contribution in [0.4, 0.5) is 0 Å². The normalized spacial score (nSPS) is 42.1. The van der Waals surface area contributed by atoms with Crippen LogP contribution in [0.1, 0.15) is 133 Å². The molecule has 4 rings (SSSR count). The Bertz CT molecular complexity index is 1410. The summed E-state index contributed by atoms with van der Waals surface area (Å²) in [5, 5.41) is 41.9. The predicted octanol–water partition coefficient (Wildman–Crippen LogP) is 6.88. The fourth-order valence-electron chi connectivity index (χ4n) is 11.9. The molecule has 2 aliphatic heterocycles. The Labute approximate surface area is 303 Å². The van der Waals surface area contributed by atoms with Crippen LogP contribution in [0.5, 0.6) is 0 Å². The fraction of sp³-hybridized carbons (Fsp3) is 0.850. The van der Waals surface area contributed by atoms with Gasteiger partial charge in [0, 0.05) is 0 Å². The second-order valence-corrected chi connectivity index (χ2v) is 19.0. The number of carboxylic acids is 3. The Kier molecular flexibility index (Phi) is 10.9. The molecule has 11 heteroatoms. The Balaban J connectivity index is 1.53. The van der Waals surface area contributed by atoms with Crippen molar-refractivity contribution in [2.75, 3.05) is 6.61 Å². The number of aliphatic hydroxyl groups excluding tert-OH is 1. The molecule has 4 N–H and O–H groups in total. The van der Waals surface area contributed by atoms with Gasteiger partial charge in [-0.3, -0.25) is 19.2 Å². The molecule has 2 heterocycles. The highest BCUT2D eigenvalue weighted by Gasteiger charge is 2.64. The van der Waals surface area contributed by atoms with Crippen molar-refractivity contribution in [1.29, 1.82) is 0 Å². The highest BCUT2D eigenvalue weighted by molar-refractivity contribution is 5.76. The summed E-state index contributed by atoms with van der Waals surface area (Å²) >= 11 is 0. The summed E-state index contributed by atoms with van der Waals surface area (Å²) in [5.41, 5.74) is -6.99. The average Bonchev–Trinajstić information content (AvgIpc) is 2.98. The van der Waals surface area contributed by atoms with E-state index in [1.807, 2.05) is 33.8 Å². The van der Waals surface area contributed by atoms with E-state index >= 15 is 0 Å². The summed E-state index contributed by atoms with van der Waals surface area (Å²) in [5.74, 6) is -4.57. The van der Waals surface area contributed by atoms with Crippen LogP contribution in [0.3, 0.4) is 0 Å². The lowest BCUT2D eigenvalue weighted by molar-refractivity contribution is -0.284. The van der Waals surface area contributed by atoms with Crippen molar-refractivity contribution in [1.82, 2.24) is 0 Å². The van der Waals surface area contributed by atoms with Gasteiger partial charge in [0.1, 0.15) is 12.7 Å². The molecule has 0 aromatic carbocycles. The average molecular weight is 721 g/mol. The molecule has 51 heavy (non-hydrogen) atoms. The van der Waals surface area contributed by atoms with Gasteiger partial charge in [0.05, 0.1) is 46.1 Å². The number of esters is 1. The molecule has 0 aromatic heterocycles. The van der Waals surface area contributed by atoms with Gasteiger partial charge in [-0.2, -0.15) is 0 Å². The Hall–Kier alpha value is -2.50. The molecule has 0 aromatic rings. The van der Waals surface area contributed by atoms with Crippen LogP contribution in [0.25, 0.3) is 0 Å². The molecule has 0 amide bonds. The number of carboxylic acid groups (broad SMARTS) is 3. The zero-order valence-electron chi connectivity index (χ0n) is 32.6. The standard InChI is InChI=1S/C40H64O11/c1-12-35(6)17-13-26-37(8,25(34(4,5)32(47)48)14-18-38(26,9)50-35)22-30(44)49-23-28(41)40(11)20-16-27-36(7,21-29(42)43)24(33(2,3)31(45)46)15-19-39(27,10)51-40/h12,24-28,41H,1,13-23H2,2-11H3,(H,42,43)(H,45,46)(H,47,48)/t24-,25+,26-,27?,28-,35-,36+,37+,38?,39-,40+/m0/s1. The minimum absolute atomic E-state index is 0.0405. The Morgan fingerprint density at radius 3 is 1.65 bits per heavy atom. The van der Waals surface area contributed by atoms with E-state index in [9.17, 15) is 39.6 Å². The number of aliphatic carboxylic acids is 3. The summed E-state index contributed by atoms with van der Waals surface area (Å²) in [4.78, 5) is 50.9. The molecule has 2 saturated heterocycles. The highest BCUT2D eigenvalue weighted by atomic mass is 16.6. The van der Waals surface area contributed by atoms with E-state index in [0.29, 0.717) is 44.9 Å². The van der Waals surface area contributed by atoms with Crippen LogP contribution >= 0.6 is 0 Å². The number of carbonyl (C=O) groups is 4. The maximum absolute atomic E-state index is 13.8. The lowest BCUT2D eigenvalue weighted by Gasteiger charge is -2.63. The number of aliphatic hydroxyl groups is 1. The van der Waals surface area contributed by atoms with E-state index in [-0.39, 0.29) is 37.2 Å². The van der Waals surface area contributed by atoms with Crippen LogP contribution in [0.15, 0.2) is 12.7 Å². The van der Waals surface area contributed by atoms with Gasteiger partial charge in [0.25, 0.3) is 0 Å². The molecule has 2 aliphatic carbocycles. The number of hydrogen-bond acceptors (Lipinski definition) is 8. The third kappa shape index (κ3) is 7.12. The summed E-state index contributed by atoms with van der Waals surface area (Å²) in [6, 6.07) is 0. The molecule has 2 unspecified atom stereocenters. The van der Waals surface area contributed by atoms with E-state index in [2.05, 4.69) is 13.5 Å². The summed E-state index contributed by atoms with van der Waals surface area (Å²) in [6.07, 6.45) is 4.80. The SMILES string of the molecule is C=C[C@@]1(C)CC[C@@H]2C(C)(CC[C@H](C(C)(C)C(=O)O)[C@@]2(C)CC(=O)OC[C@H](O)[C@@]2(C)CCC3[C@](C)(CC(=O)O)[C@H](C(C)(C)C(=O)O)CC[C@]3(C)O2)O1. The monoisotopic (exact) mass is 720 g/mol. The molecule has 11 atom stereocenters. The topological polar surface area (TPSA) is 177 Å².